The normalized spacial score (nSPS) is 19.2. The smallest absolute Gasteiger partial charge is 0.280 e. The molecule has 8 rings (SSSR count). The van der Waals surface area contributed by atoms with Gasteiger partial charge in [-0.1, -0.05) is 105 Å². The molecule has 2 heterocycles. The molecule has 6 aromatic rings. The zero-order valence-electron chi connectivity index (χ0n) is 34.6. The Morgan fingerprint density at radius 2 is 1.12 bits per heavy atom. The second-order valence-electron chi connectivity index (χ2n) is 13.9. The lowest BCUT2D eigenvalue weighted by Gasteiger charge is -2.35. The molecule has 0 N–H and O–H groups in total. The summed E-state index contributed by atoms with van der Waals surface area (Å²) in [6, 6.07) is 34.4. The largest absolute Gasteiger partial charge is 0.537 e. The van der Waals surface area contributed by atoms with Crippen LogP contribution in [0.15, 0.2) is 109 Å². The first-order valence-corrected chi connectivity index (χ1v) is 19.6. The molecule has 0 aliphatic carbocycles. The molecular weight excluding hydrogens is 617 g/mol. The molecule has 4 heteroatoms. The Morgan fingerprint density at radius 3 is 1.84 bits per heavy atom. The number of fused-ring (bicyclic) bond motifs is 4. The molecule has 0 saturated carbocycles. The summed E-state index contributed by atoms with van der Waals surface area (Å²) in [5.74, 6) is 2.91. The summed E-state index contributed by atoms with van der Waals surface area (Å²) in [4.78, 5) is 0. The van der Waals surface area contributed by atoms with Crippen molar-refractivity contribution >= 4 is 13.5 Å². The van der Waals surface area contributed by atoms with Gasteiger partial charge in [0.25, 0.3) is 8.32 Å². The summed E-state index contributed by atoms with van der Waals surface area (Å²) in [6.07, 6.45) is 0. The second kappa shape index (κ2) is 11.2. The third-order valence-electron chi connectivity index (χ3n) is 10.2. The molecule has 2 aliphatic rings. The van der Waals surface area contributed by atoms with Gasteiger partial charge < -0.3 is 13.9 Å². The number of aryl methyl sites for hydroxylation is 2. The van der Waals surface area contributed by atoms with Gasteiger partial charge in [0, 0.05) is 41.1 Å². The van der Waals surface area contributed by atoms with E-state index in [9.17, 15) is 0 Å². The molecule has 0 aromatic heterocycles. The molecular formula is C45H42O3Si. The van der Waals surface area contributed by atoms with Crippen molar-refractivity contribution in [1.29, 1.82) is 0 Å². The number of rotatable bonds is 3. The molecule has 2 aliphatic heterocycles. The van der Waals surface area contributed by atoms with E-state index in [1.165, 1.54) is 0 Å². The molecule has 0 radical (unpaired) electrons. The molecule has 3 nitrogen and oxygen atoms in total. The summed E-state index contributed by atoms with van der Waals surface area (Å²) >= 11 is 0. The number of benzene rings is 6. The van der Waals surface area contributed by atoms with Gasteiger partial charge in [0.15, 0.2) is 5.75 Å². The van der Waals surface area contributed by atoms with Crippen LogP contribution in [-0.4, -0.2) is 8.32 Å². The maximum atomic E-state index is 9.05. The summed E-state index contributed by atoms with van der Waals surface area (Å²) in [5, 5.41) is 1.03. The van der Waals surface area contributed by atoms with Gasteiger partial charge in [-0.3, -0.25) is 0 Å². The van der Waals surface area contributed by atoms with Crippen LogP contribution in [-0.2, 0) is 5.41 Å². The molecule has 49 heavy (non-hydrogen) atoms. The maximum absolute atomic E-state index is 9.05. The van der Waals surface area contributed by atoms with Crippen LogP contribution < -0.4 is 19.1 Å². The quantitative estimate of drug-likeness (QED) is 0.176. The number of hydrogen-bond acceptors (Lipinski definition) is 3. The zero-order valence-corrected chi connectivity index (χ0v) is 29.6. The van der Waals surface area contributed by atoms with Gasteiger partial charge in [0.05, 0.1) is 0 Å². The highest BCUT2D eigenvalue weighted by Gasteiger charge is 2.37. The van der Waals surface area contributed by atoms with E-state index >= 15 is 0 Å². The van der Waals surface area contributed by atoms with Crippen molar-refractivity contribution in [3.8, 4) is 62.1 Å². The van der Waals surface area contributed by atoms with Crippen LogP contribution in [0.25, 0.3) is 33.4 Å². The van der Waals surface area contributed by atoms with Crippen LogP contribution in [0.5, 0.6) is 28.7 Å². The lowest BCUT2D eigenvalue weighted by atomic mass is 9.74. The molecule has 244 valence electrons. The van der Waals surface area contributed by atoms with Crippen molar-refractivity contribution in [2.75, 3.05) is 0 Å². The monoisotopic (exact) mass is 664 g/mol. The summed E-state index contributed by atoms with van der Waals surface area (Å²) in [5.41, 5.74) is 6.73. The van der Waals surface area contributed by atoms with E-state index in [0.29, 0.717) is 50.8 Å². The van der Waals surface area contributed by atoms with Crippen LogP contribution in [0.2, 0.25) is 13.1 Å². The summed E-state index contributed by atoms with van der Waals surface area (Å²) < 4.78 is 73.3. The Balaban J connectivity index is 1.37. The van der Waals surface area contributed by atoms with E-state index in [1.807, 2.05) is 86.6 Å². The Hall–Kier alpha value is -5.06. The van der Waals surface area contributed by atoms with Gasteiger partial charge in [-0.05, 0) is 103 Å². The molecule has 0 spiro atoms. The van der Waals surface area contributed by atoms with Gasteiger partial charge in [0.1, 0.15) is 23.0 Å². The van der Waals surface area contributed by atoms with Crippen molar-refractivity contribution in [2.45, 2.75) is 59.9 Å². The first-order chi connectivity index (χ1) is 25.9. The Kier molecular flexibility index (Phi) is 5.74. The summed E-state index contributed by atoms with van der Waals surface area (Å²) in [7, 11) is -2.48. The topological polar surface area (TPSA) is 27.7 Å². The van der Waals surface area contributed by atoms with Gasteiger partial charge in [-0.15, -0.1) is 0 Å². The highest BCUT2D eigenvalue weighted by atomic mass is 28.4. The molecule has 0 saturated heterocycles. The predicted octanol–water partition coefficient (Wildman–Crippen LogP) is 11.9. The van der Waals surface area contributed by atoms with E-state index in [1.54, 1.807) is 31.2 Å². The molecule has 6 aromatic carbocycles. The van der Waals surface area contributed by atoms with Crippen LogP contribution >= 0.6 is 0 Å². The van der Waals surface area contributed by atoms with Crippen LogP contribution in [0.3, 0.4) is 0 Å². The first-order valence-electron chi connectivity index (χ1n) is 19.7. The number of ether oxygens (including phenoxy) is 2. The van der Waals surface area contributed by atoms with E-state index < -0.39 is 27.4 Å². The third kappa shape index (κ3) is 4.84. The highest BCUT2D eigenvalue weighted by molar-refractivity contribution is 6.85. The minimum atomic E-state index is -2.56. The molecule has 0 fully saturated rings. The lowest BCUT2D eigenvalue weighted by Crippen LogP contribution is -2.47. The summed E-state index contributed by atoms with van der Waals surface area (Å²) in [6.45, 7) is 7.06. The number of hydrogen-bond donors (Lipinski definition) is 0. The molecule has 1 atom stereocenters. The standard InChI is InChI=1S/C45H42O3Si/c1-27-23-25-31(29(3)41(27)33-15-13-18-36-43(33)46-37-19-10-9-17-35(37)45(36,5)6)32-26-24-28(2)42(30(32)4)34-16-14-22-40-44(34)47-38-20-11-12-21-39(38)48-49(40,7)8/h9-26H,1-8H3/i3D3,5D3. The van der Waals surface area contributed by atoms with E-state index in [-0.39, 0.29) is 5.56 Å². The Bertz CT molecular complexity index is 2540. The van der Waals surface area contributed by atoms with E-state index in [0.717, 1.165) is 44.3 Å². The van der Waals surface area contributed by atoms with Gasteiger partial charge in [-0.2, -0.15) is 0 Å². The number of para-hydroxylation sites is 5. The Morgan fingerprint density at radius 1 is 0.551 bits per heavy atom. The fourth-order valence-electron chi connectivity index (χ4n) is 7.67. The zero-order chi connectivity index (χ0) is 39.2. The van der Waals surface area contributed by atoms with Gasteiger partial charge in [0.2, 0.25) is 0 Å². The van der Waals surface area contributed by atoms with E-state index in [4.69, 9.17) is 22.1 Å². The van der Waals surface area contributed by atoms with Gasteiger partial charge >= 0.3 is 0 Å². The predicted molar refractivity (Wildman–Crippen MR) is 205 cm³/mol. The average molecular weight is 665 g/mol. The molecule has 0 bridgehead atoms. The molecule has 0 amide bonds. The third-order valence-corrected chi connectivity index (χ3v) is 12.6. The SMILES string of the molecule is [2H]C([2H])([2H])c1c(-c2ccc(C)c(-c3cccc4c3Oc3ccccc3O[Si]4(C)C)c2C)ccc(C)c1-c1cccc2c1Oc1ccccc1C2(C)C([2H])([2H])[2H]. The average Bonchev–Trinajstić information content (AvgIpc) is 3.24. The molecule has 1 unspecified atom stereocenters. The first kappa shape index (κ1) is 25.0. The van der Waals surface area contributed by atoms with Crippen molar-refractivity contribution in [1.82, 2.24) is 0 Å². The highest BCUT2D eigenvalue weighted by Crippen LogP contribution is 2.53. The Labute approximate surface area is 299 Å². The van der Waals surface area contributed by atoms with Crippen LogP contribution in [0, 0.1) is 27.6 Å². The fraction of sp³-hybridized carbons (Fsp3) is 0.200. The minimum absolute atomic E-state index is 0.177. The van der Waals surface area contributed by atoms with Crippen molar-refractivity contribution in [3.63, 3.8) is 0 Å². The minimum Gasteiger partial charge on any atom is -0.537 e. The van der Waals surface area contributed by atoms with Crippen molar-refractivity contribution in [3.05, 3.63) is 143 Å². The van der Waals surface area contributed by atoms with E-state index in [2.05, 4.69) is 32.2 Å². The fourth-order valence-corrected chi connectivity index (χ4v) is 9.73. The van der Waals surface area contributed by atoms with Crippen molar-refractivity contribution < 1.29 is 22.1 Å². The second-order valence-corrected chi connectivity index (χ2v) is 17.6. The lowest BCUT2D eigenvalue weighted by molar-refractivity contribution is 0.419. The van der Waals surface area contributed by atoms with Crippen molar-refractivity contribution in [2.24, 2.45) is 0 Å². The van der Waals surface area contributed by atoms with Crippen LogP contribution in [0.1, 0.15) is 55.4 Å². The van der Waals surface area contributed by atoms with Gasteiger partial charge in [-0.25, -0.2) is 0 Å². The maximum Gasteiger partial charge on any atom is 0.280 e. The van der Waals surface area contributed by atoms with Crippen LogP contribution in [0.4, 0.5) is 0 Å².